The molecule has 2 aliphatic heterocycles. The number of nitrogens with zero attached hydrogens (tertiary/aromatic N) is 3. The molecule has 1 aromatic rings. The molecule has 2 unspecified atom stereocenters. The number of carbonyl (C=O) groups excluding carboxylic acids is 1. The van der Waals surface area contributed by atoms with Gasteiger partial charge in [-0.3, -0.25) is 9.78 Å². The zero-order chi connectivity index (χ0) is 12.7. The molecule has 0 saturated carbocycles. The van der Waals surface area contributed by atoms with Crippen molar-refractivity contribution in [3.05, 3.63) is 24.0 Å². The Bertz CT molecular complexity index is 463. The van der Waals surface area contributed by atoms with Gasteiger partial charge in [0.2, 0.25) is 0 Å². The Morgan fingerprint density at radius 1 is 1.28 bits per heavy atom. The fourth-order valence-electron chi connectivity index (χ4n) is 3.12. The van der Waals surface area contributed by atoms with Crippen LogP contribution in [0.5, 0.6) is 5.75 Å². The van der Waals surface area contributed by atoms with Crippen LogP contribution in [0.3, 0.4) is 0 Å². The Kier molecular flexibility index (Phi) is 2.70. The number of amides is 1. The summed E-state index contributed by atoms with van der Waals surface area (Å²) in [6.07, 6.45) is 2.85. The van der Waals surface area contributed by atoms with Crippen LogP contribution in [-0.2, 0) is 0 Å². The molecule has 0 spiro atoms. The first-order valence-electron chi connectivity index (χ1n) is 6.25. The molecule has 3 rings (SSSR count). The van der Waals surface area contributed by atoms with E-state index in [1.165, 1.54) is 18.5 Å². The van der Waals surface area contributed by atoms with Crippen molar-refractivity contribution in [1.29, 1.82) is 0 Å². The Morgan fingerprint density at radius 3 is 2.56 bits per heavy atom. The number of fused-ring (bicyclic) bond motifs is 1. The number of hydrogen-bond acceptors (Lipinski definition) is 4. The van der Waals surface area contributed by atoms with Gasteiger partial charge in [-0.2, -0.15) is 0 Å². The summed E-state index contributed by atoms with van der Waals surface area (Å²) in [4.78, 5) is 20.3. The summed E-state index contributed by atoms with van der Waals surface area (Å²) in [5.74, 6) is 1.23. The number of pyridine rings is 1. The van der Waals surface area contributed by atoms with Gasteiger partial charge in [0.15, 0.2) is 0 Å². The number of likely N-dealkylation sites (tertiary alicyclic amines) is 2. The van der Waals surface area contributed by atoms with E-state index in [9.17, 15) is 9.90 Å². The average molecular weight is 247 g/mol. The molecule has 5 heteroatoms. The molecule has 0 bridgehead atoms. The van der Waals surface area contributed by atoms with Gasteiger partial charge in [-0.15, -0.1) is 0 Å². The summed E-state index contributed by atoms with van der Waals surface area (Å²) in [6.45, 7) is 3.80. The first-order valence-corrected chi connectivity index (χ1v) is 6.25. The summed E-state index contributed by atoms with van der Waals surface area (Å²) < 4.78 is 0. The van der Waals surface area contributed by atoms with Crippen LogP contribution in [0.25, 0.3) is 0 Å². The Morgan fingerprint density at radius 2 is 1.94 bits per heavy atom. The molecule has 1 N–H and O–H groups in total. The van der Waals surface area contributed by atoms with Crippen LogP contribution >= 0.6 is 0 Å². The highest BCUT2D eigenvalue weighted by Gasteiger charge is 2.40. The number of hydrogen-bond donors (Lipinski definition) is 1. The van der Waals surface area contributed by atoms with Crippen molar-refractivity contribution < 1.29 is 9.90 Å². The summed E-state index contributed by atoms with van der Waals surface area (Å²) in [5.41, 5.74) is 0.475. The highest BCUT2D eigenvalue weighted by Crippen LogP contribution is 2.31. The first kappa shape index (κ1) is 11.5. The lowest BCUT2D eigenvalue weighted by Gasteiger charge is -2.19. The lowest BCUT2D eigenvalue weighted by Crippen LogP contribution is -2.32. The van der Waals surface area contributed by atoms with E-state index in [1.54, 1.807) is 0 Å². The molecule has 2 saturated heterocycles. The van der Waals surface area contributed by atoms with E-state index < -0.39 is 0 Å². The third-order valence-electron chi connectivity index (χ3n) is 3.93. The van der Waals surface area contributed by atoms with E-state index in [2.05, 4.69) is 16.9 Å². The van der Waals surface area contributed by atoms with E-state index >= 15 is 0 Å². The van der Waals surface area contributed by atoms with Crippen molar-refractivity contribution in [2.75, 3.05) is 33.2 Å². The summed E-state index contributed by atoms with van der Waals surface area (Å²) >= 11 is 0. The molecule has 18 heavy (non-hydrogen) atoms. The van der Waals surface area contributed by atoms with Gasteiger partial charge in [-0.25, -0.2) is 0 Å². The average Bonchev–Trinajstić information content (AvgIpc) is 2.85. The molecule has 5 nitrogen and oxygen atoms in total. The zero-order valence-corrected chi connectivity index (χ0v) is 10.4. The maximum atomic E-state index is 12.3. The van der Waals surface area contributed by atoms with E-state index in [0.29, 0.717) is 17.4 Å². The number of rotatable bonds is 1. The van der Waals surface area contributed by atoms with Crippen molar-refractivity contribution in [3.63, 3.8) is 0 Å². The van der Waals surface area contributed by atoms with Crippen LogP contribution in [0, 0.1) is 11.8 Å². The minimum atomic E-state index is -0.0181. The minimum Gasteiger partial charge on any atom is -0.506 e. The van der Waals surface area contributed by atoms with Crippen LogP contribution < -0.4 is 0 Å². The van der Waals surface area contributed by atoms with Gasteiger partial charge in [-0.1, -0.05) is 0 Å². The lowest BCUT2D eigenvalue weighted by molar-refractivity contribution is 0.0775. The number of aromatic nitrogens is 1. The molecular formula is C13H17N3O2. The van der Waals surface area contributed by atoms with E-state index in [4.69, 9.17) is 0 Å². The van der Waals surface area contributed by atoms with E-state index in [1.807, 2.05) is 4.90 Å². The van der Waals surface area contributed by atoms with E-state index in [-0.39, 0.29) is 11.7 Å². The van der Waals surface area contributed by atoms with Crippen molar-refractivity contribution in [1.82, 2.24) is 14.8 Å². The molecule has 0 radical (unpaired) electrons. The third-order valence-corrected chi connectivity index (χ3v) is 3.93. The van der Waals surface area contributed by atoms with Crippen molar-refractivity contribution >= 4 is 5.91 Å². The van der Waals surface area contributed by atoms with Crippen molar-refractivity contribution in [2.24, 2.45) is 11.8 Å². The second-order valence-electron chi connectivity index (χ2n) is 5.38. The Labute approximate surface area is 106 Å². The molecule has 2 fully saturated rings. The van der Waals surface area contributed by atoms with Gasteiger partial charge >= 0.3 is 0 Å². The fourth-order valence-corrected chi connectivity index (χ4v) is 3.12. The molecule has 0 aliphatic carbocycles. The van der Waals surface area contributed by atoms with Gasteiger partial charge in [0.05, 0.1) is 11.8 Å². The van der Waals surface area contributed by atoms with Crippen LogP contribution in [-0.4, -0.2) is 59.0 Å². The second kappa shape index (κ2) is 4.24. The maximum Gasteiger partial charge on any atom is 0.255 e. The SMILES string of the molecule is CN1CC2CN(C(=O)c3cncc(O)c3)CC2C1. The summed E-state index contributed by atoms with van der Waals surface area (Å²) in [5, 5.41) is 9.36. The van der Waals surface area contributed by atoms with Crippen molar-refractivity contribution in [2.45, 2.75) is 0 Å². The lowest BCUT2D eigenvalue weighted by atomic mass is 10.0. The van der Waals surface area contributed by atoms with Crippen LogP contribution in [0.1, 0.15) is 10.4 Å². The van der Waals surface area contributed by atoms with Gasteiger partial charge in [0.25, 0.3) is 5.91 Å². The van der Waals surface area contributed by atoms with Crippen LogP contribution in [0.15, 0.2) is 18.5 Å². The number of aromatic hydroxyl groups is 1. The largest absolute Gasteiger partial charge is 0.506 e. The van der Waals surface area contributed by atoms with Gasteiger partial charge in [0.1, 0.15) is 5.75 Å². The molecular weight excluding hydrogens is 230 g/mol. The quantitative estimate of drug-likeness (QED) is 0.781. The van der Waals surface area contributed by atoms with E-state index in [0.717, 1.165) is 26.2 Å². The van der Waals surface area contributed by atoms with Gasteiger partial charge in [-0.05, 0) is 24.9 Å². The number of carbonyl (C=O) groups is 1. The standard InChI is InChI=1S/C13H17N3O2/c1-15-5-10-7-16(8-11(10)6-15)13(18)9-2-12(17)4-14-3-9/h2-4,10-11,17H,5-8H2,1H3. The Balaban J connectivity index is 1.72. The van der Waals surface area contributed by atoms with Crippen molar-refractivity contribution in [3.8, 4) is 5.75 Å². The molecule has 1 amide bonds. The molecule has 3 heterocycles. The van der Waals surface area contributed by atoms with Gasteiger partial charge in [0, 0.05) is 32.4 Å². The predicted molar refractivity (Wildman–Crippen MR) is 66.3 cm³/mol. The topological polar surface area (TPSA) is 56.7 Å². The highest BCUT2D eigenvalue weighted by molar-refractivity contribution is 5.94. The summed E-state index contributed by atoms with van der Waals surface area (Å²) in [7, 11) is 2.13. The summed E-state index contributed by atoms with van der Waals surface area (Å²) in [6, 6.07) is 1.48. The van der Waals surface area contributed by atoms with Gasteiger partial charge < -0.3 is 14.9 Å². The van der Waals surface area contributed by atoms with Crippen LogP contribution in [0.4, 0.5) is 0 Å². The molecule has 1 aromatic heterocycles. The first-order chi connectivity index (χ1) is 8.63. The molecule has 2 aliphatic rings. The zero-order valence-electron chi connectivity index (χ0n) is 10.4. The highest BCUT2D eigenvalue weighted by atomic mass is 16.3. The predicted octanol–water partition coefficient (Wildman–Crippen LogP) is 0.421. The van der Waals surface area contributed by atoms with Crippen LogP contribution in [0.2, 0.25) is 0 Å². The maximum absolute atomic E-state index is 12.3. The third kappa shape index (κ3) is 1.95. The second-order valence-corrected chi connectivity index (χ2v) is 5.38. The Hall–Kier alpha value is -1.62. The normalized spacial score (nSPS) is 27.5. The fraction of sp³-hybridized carbons (Fsp3) is 0.538. The minimum absolute atomic E-state index is 0.0181. The smallest absolute Gasteiger partial charge is 0.255 e. The molecule has 2 atom stereocenters. The monoisotopic (exact) mass is 247 g/mol. The molecule has 96 valence electrons. The molecule has 0 aromatic carbocycles.